The molecule has 0 radical (unpaired) electrons. The molecule has 0 aromatic heterocycles. The van der Waals surface area contributed by atoms with Crippen molar-refractivity contribution in [2.24, 2.45) is 0 Å². The van der Waals surface area contributed by atoms with Crippen molar-refractivity contribution in [1.82, 2.24) is 0 Å². The molecule has 0 fully saturated rings. The van der Waals surface area contributed by atoms with E-state index in [1.54, 1.807) is 0 Å². The third kappa shape index (κ3) is 2.97. The highest BCUT2D eigenvalue weighted by Gasteiger charge is 2.14. The van der Waals surface area contributed by atoms with E-state index >= 15 is 0 Å². The average Bonchev–Trinajstić information content (AvgIpc) is 2.43. The van der Waals surface area contributed by atoms with Crippen LogP contribution in [0, 0.1) is 20.8 Å². The van der Waals surface area contributed by atoms with E-state index in [2.05, 4.69) is 63.3 Å². The summed E-state index contributed by atoms with van der Waals surface area (Å²) in [5.74, 6) is 0. The molecule has 0 aliphatic carbocycles. The van der Waals surface area contributed by atoms with Gasteiger partial charge in [-0.2, -0.15) is 0 Å². The number of benzene rings is 2. The lowest BCUT2D eigenvalue weighted by atomic mass is 9.91. The first-order chi connectivity index (χ1) is 10.0. The van der Waals surface area contributed by atoms with Crippen molar-refractivity contribution in [3.05, 3.63) is 63.7 Å². The van der Waals surface area contributed by atoms with Gasteiger partial charge in [0.05, 0.1) is 0 Å². The number of nitrogens with one attached hydrogen (secondary N) is 1. The van der Waals surface area contributed by atoms with Gasteiger partial charge in [0, 0.05) is 11.7 Å². The van der Waals surface area contributed by atoms with Gasteiger partial charge in [-0.25, -0.2) is 0 Å². The van der Waals surface area contributed by atoms with Crippen LogP contribution in [0.2, 0.25) is 0 Å². The Hall–Kier alpha value is -1.76. The fourth-order valence-corrected chi connectivity index (χ4v) is 3.51. The molecular weight excluding hydrogens is 254 g/mol. The van der Waals surface area contributed by atoms with Crippen LogP contribution in [0.15, 0.2) is 30.3 Å². The predicted octanol–water partition coefficient (Wildman–Crippen LogP) is 4.95. The Morgan fingerprint density at radius 1 is 1.05 bits per heavy atom. The standard InChI is InChI=1S/C20H25N/c1-13-9-14(2)19(15(3)10-13)12-17-6-8-20-18(11-17)7-5-16(4)21-20/h6,8-11,16,21H,5,7,12H2,1-4H3. The molecule has 0 amide bonds. The van der Waals surface area contributed by atoms with Crippen LogP contribution in [0.3, 0.4) is 0 Å². The van der Waals surface area contributed by atoms with E-state index in [-0.39, 0.29) is 0 Å². The number of hydrogen-bond donors (Lipinski definition) is 1. The van der Waals surface area contributed by atoms with E-state index < -0.39 is 0 Å². The van der Waals surface area contributed by atoms with Crippen LogP contribution in [0.4, 0.5) is 5.69 Å². The predicted molar refractivity (Wildman–Crippen MR) is 91.3 cm³/mol. The van der Waals surface area contributed by atoms with Crippen LogP contribution in [-0.2, 0) is 12.8 Å². The molecule has 0 bridgehead atoms. The van der Waals surface area contributed by atoms with Crippen molar-refractivity contribution < 1.29 is 0 Å². The van der Waals surface area contributed by atoms with Gasteiger partial charge in [-0.15, -0.1) is 0 Å². The largest absolute Gasteiger partial charge is 0.382 e. The summed E-state index contributed by atoms with van der Waals surface area (Å²) >= 11 is 0. The lowest BCUT2D eigenvalue weighted by molar-refractivity contribution is 0.680. The van der Waals surface area contributed by atoms with Crippen LogP contribution in [-0.4, -0.2) is 6.04 Å². The molecule has 1 nitrogen and oxygen atoms in total. The van der Waals surface area contributed by atoms with Crippen molar-refractivity contribution in [3.63, 3.8) is 0 Å². The van der Waals surface area contributed by atoms with Gasteiger partial charge >= 0.3 is 0 Å². The molecular formula is C20H25N. The molecule has 2 aromatic carbocycles. The Bertz CT molecular complexity index is 647. The Labute approximate surface area is 128 Å². The molecule has 110 valence electrons. The second kappa shape index (κ2) is 5.55. The third-order valence-corrected chi connectivity index (χ3v) is 4.64. The summed E-state index contributed by atoms with van der Waals surface area (Å²) in [6.07, 6.45) is 3.48. The maximum Gasteiger partial charge on any atom is 0.0374 e. The van der Waals surface area contributed by atoms with E-state index in [0.717, 1.165) is 6.42 Å². The van der Waals surface area contributed by atoms with Gasteiger partial charge in [-0.05, 0) is 80.8 Å². The first-order valence-electron chi connectivity index (χ1n) is 7.98. The second-order valence-corrected chi connectivity index (χ2v) is 6.63. The molecule has 1 aliphatic heterocycles. The number of aryl methyl sites for hydroxylation is 4. The lowest BCUT2D eigenvalue weighted by Gasteiger charge is -2.24. The molecule has 21 heavy (non-hydrogen) atoms. The topological polar surface area (TPSA) is 12.0 Å². The Morgan fingerprint density at radius 2 is 1.76 bits per heavy atom. The SMILES string of the molecule is Cc1cc(C)c(Cc2ccc3c(c2)CCC(C)N3)c(C)c1. The summed E-state index contributed by atoms with van der Waals surface area (Å²) in [6.45, 7) is 8.90. The molecule has 1 heteroatoms. The minimum absolute atomic E-state index is 0.602. The van der Waals surface area contributed by atoms with Crippen LogP contribution < -0.4 is 5.32 Å². The zero-order valence-electron chi connectivity index (χ0n) is 13.6. The Morgan fingerprint density at radius 3 is 2.48 bits per heavy atom. The zero-order valence-corrected chi connectivity index (χ0v) is 13.6. The van der Waals surface area contributed by atoms with Crippen LogP contribution in [0.25, 0.3) is 0 Å². The average molecular weight is 279 g/mol. The monoisotopic (exact) mass is 279 g/mol. The van der Waals surface area contributed by atoms with Crippen LogP contribution in [0.5, 0.6) is 0 Å². The van der Waals surface area contributed by atoms with Gasteiger partial charge in [-0.3, -0.25) is 0 Å². The maximum atomic E-state index is 3.58. The molecule has 3 rings (SSSR count). The lowest BCUT2D eigenvalue weighted by Crippen LogP contribution is -2.21. The first kappa shape index (κ1) is 14.2. The van der Waals surface area contributed by atoms with Crippen molar-refractivity contribution in [2.45, 2.75) is 53.0 Å². The fraction of sp³-hybridized carbons (Fsp3) is 0.400. The van der Waals surface area contributed by atoms with Gasteiger partial charge in [0.2, 0.25) is 0 Å². The smallest absolute Gasteiger partial charge is 0.0374 e. The summed E-state index contributed by atoms with van der Waals surface area (Å²) in [6, 6.07) is 12.1. The van der Waals surface area contributed by atoms with Gasteiger partial charge in [-0.1, -0.05) is 29.8 Å². The van der Waals surface area contributed by atoms with Gasteiger partial charge < -0.3 is 5.32 Å². The van der Waals surface area contributed by atoms with E-state index in [1.807, 2.05) is 0 Å². The summed E-state index contributed by atoms with van der Waals surface area (Å²) in [4.78, 5) is 0. The normalized spacial score (nSPS) is 17.2. The van der Waals surface area contributed by atoms with Crippen LogP contribution >= 0.6 is 0 Å². The van der Waals surface area contributed by atoms with Gasteiger partial charge in [0.15, 0.2) is 0 Å². The third-order valence-electron chi connectivity index (χ3n) is 4.64. The molecule has 0 saturated heterocycles. The van der Waals surface area contributed by atoms with Crippen molar-refractivity contribution in [1.29, 1.82) is 0 Å². The van der Waals surface area contributed by atoms with Crippen molar-refractivity contribution >= 4 is 5.69 Å². The number of hydrogen-bond acceptors (Lipinski definition) is 1. The minimum Gasteiger partial charge on any atom is -0.382 e. The van der Waals surface area contributed by atoms with E-state index in [4.69, 9.17) is 0 Å². The highest BCUT2D eigenvalue weighted by molar-refractivity contribution is 5.56. The summed E-state index contributed by atoms with van der Waals surface area (Å²) in [5, 5.41) is 3.58. The van der Waals surface area contributed by atoms with E-state index in [9.17, 15) is 0 Å². The van der Waals surface area contributed by atoms with Crippen LogP contribution in [0.1, 0.15) is 46.7 Å². The first-order valence-corrected chi connectivity index (χ1v) is 7.98. The summed E-state index contributed by atoms with van der Waals surface area (Å²) in [5.41, 5.74) is 9.91. The Balaban J connectivity index is 1.89. The van der Waals surface area contributed by atoms with Gasteiger partial charge in [0.1, 0.15) is 0 Å². The van der Waals surface area contributed by atoms with Gasteiger partial charge in [0.25, 0.3) is 0 Å². The number of fused-ring (bicyclic) bond motifs is 1. The molecule has 0 saturated carbocycles. The summed E-state index contributed by atoms with van der Waals surface area (Å²) in [7, 11) is 0. The molecule has 1 atom stereocenters. The quantitative estimate of drug-likeness (QED) is 0.820. The van der Waals surface area contributed by atoms with E-state index in [0.29, 0.717) is 6.04 Å². The maximum absolute atomic E-state index is 3.58. The minimum atomic E-state index is 0.602. The Kier molecular flexibility index (Phi) is 3.75. The molecule has 2 aromatic rings. The highest BCUT2D eigenvalue weighted by atomic mass is 14.9. The second-order valence-electron chi connectivity index (χ2n) is 6.63. The fourth-order valence-electron chi connectivity index (χ4n) is 3.51. The van der Waals surface area contributed by atoms with Crippen molar-refractivity contribution in [2.75, 3.05) is 5.32 Å². The molecule has 1 heterocycles. The zero-order chi connectivity index (χ0) is 15.0. The van der Waals surface area contributed by atoms with E-state index in [1.165, 1.54) is 51.9 Å². The highest BCUT2D eigenvalue weighted by Crippen LogP contribution is 2.27. The molecule has 1 unspecified atom stereocenters. The molecule has 0 spiro atoms. The number of anilines is 1. The van der Waals surface area contributed by atoms with Crippen molar-refractivity contribution in [3.8, 4) is 0 Å². The number of rotatable bonds is 2. The molecule has 1 aliphatic rings. The molecule has 1 N–H and O–H groups in total. The summed E-state index contributed by atoms with van der Waals surface area (Å²) < 4.78 is 0.